The summed E-state index contributed by atoms with van der Waals surface area (Å²) < 4.78 is 18.5. The summed E-state index contributed by atoms with van der Waals surface area (Å²) in [7, 11) is 1.50. The highest BCUT2D eigenvalue weighted by Crippen LogP contribution is 2.60. The van der Waals surface area contributed by atoms with Gasteiger partial charge in [0.05, 0.1) is 30.6 Å². The molecule has 4 rings (SSSR count). The van der Waals surface area contributed by atoms with Gasteiger partial charge in [0.15, 0.2) is 0 Å². The number of ether oxygens (including phenoxy) is 3. The predicted octanol–water partition coefficient (Wildman–Crippen LogP) is 4.73. The number of nitrogens with one attached hydrogen (secondary N) is 1. The van der Waals surface area contributed by atoms with Gasteiger partial charge >= 0.3 is 5.97 Å². The summed E-state index contributed by atoms with van der Waals surface area (Å²) in [6.07, 6.45) is 3.60. The van der Waals surface area contributed by atoms with Gasteiger partial charge in [-0.1, -0.05) is 79.2 Å². The molecule has 3 aliphatic heterocycles. The number of likely N-dealkylation sites (tertiary alicyclic amines) is 1. The van der Waals surface area contributed by atoms with E-state index in [1.54, 1.807) is 17.1 Å². The lowest BCUT2D eigenvalue weighted by molar-refractivity contribution is -0.163. The normalized spacial score (nSPS) is 26.7. The Morgan fingerprint density at radius 2 is 1.86 bits per heavy atom. The fourth-order valence-corrected chi connectivity index (χ4v) is 9.53. The lowest BCUT2D eigenvalue weighted by Crippen LogP contribution is -2.61. The zero-order chi connectivity index (χ0) is 37.7. The number of halogens is 1. The lowest BCUT2D eigenvalue weighted by atomic mass is 9.70. The van der Waals surface area contributed by atoms with Crippen molar-refractivity contribution < 1.29 is 38.5 Å². The molecule has 1 aromatic rings. The van der Waals surface area contributed by atoms with Crippen LogP contribution in [0, 0.1) is 17.3 Å². The molecular formula is C39H56BrN3O8. The molecule has 3 amide bonds. The Morgan fingerprint density at radius 1 is 1.18 bits per heavy atom. The molecule has 1 unspecified atom stereocenters. The molecule has 0 aliphatic carbocycles. The van der Waals surface area contributed by atoms with Crippen molar-refractivity contribution in [1.29, 1.82) is 0 Å². The third-order valence-corrected chi connectivity index (χ3v) is 11.0. The quantitative estimate of drug-likeness (QED) is 0.124. The summed E-state index contributed by atoms with van der Waals surface area (Å²) in [6.45, 7) is 18.3. The predicted molar refractivity (Wildman–Crippen MR) is 198 cm³/mol. The van der Waals surface area contributed by atoms with Gasteiger partial charge in [-0.25, -0.2) is 0 Å². The van der Waals surface area contributed by atoms with Crippen LogP contribution in [0.25, 0.3) is 0 Å². The molecule has 2 bridgehead atoms. The number of carbonyl (C=O) groups excluding carboxylic acids is 4. The fourth-order valence-electron chi connectivity index (χ4n) is 8.59. The Bertz CT molecular complexity index is 1430. The van der Waals surface area contributed by atoms with Crippen molar-refractivity contribution in [2.45, 2.75) is 107 Å². The van der Waals surface area contributed by atoms with Crippen LogP contribution >= 0.6 is 15.9 Å². The minimum absolute atomic E-state index is 0.0552. The third kappa shape index (κ3) is 8.61. The number of fused-ring (bicyclic) bond motifs is 1. The molecule has 1 spiro atoms. The highest BCUT2D eigenvalue weighted by molar-refractivity contribution is 9.09. The molecule has 2 N–H and O–H groups in total. The summed E-state index contributed by atoms with van der Waals surface area (Å²) in [4.78, 5) is 59.9. The molecule has 3 fully saturated rings. The fraction of sp³-hybridized carbons (Fsp3) is 0.641. The van der Waals surface area contributed by atoms with Crippen LogP contribution in [0.1, 0.15) is 78.4 Å². The summed E-state index contributed by atoms with van der Waals surface area (Å²) in [5, 5.41) is 12.8. The molecule has 0 aromatic heterocycles. The maximum absolute atomic E-state index is 14.9. The molecule has 0 radical (unpaired) electrons. The van der Waals surface area contributed by atoms with Gasteiger partial charge in [0.2, 0.25) is 17.7 Å². The molecule has 51 heavy (non-hydrogen) atoms. The highest BCUT2D eigenvalue weighted by Gasteiger charge is 2.77. The van der Waals surface area contributed by atoms with E-state index in [-0.39, 0.29) is 67.1 Å². The third-order valence-electron chi connectivity index (χ3n) is 10.1. The molecule has 3 saturated heterocycles. The van der Waals surface area contributed by atoms with E-state index in [2.05, 4.69) is 55.2 Å². The van der Waals surface area contributed by atoms with Crippen LogP contribution in [0.4, 0.5) is 0 Å². The second kappa shape index (κ2) is 16.7. The number of esters is 1. The molecule has 11 nitrogen and oxygen atoms in total. The number of carbonyl (C=O) groups is 4. The Labute approximate surface area is 311 Å². The Hall–Kier alpha value is -3.06. The summed E-state index contributed by atoms with van der Waals surface area (Å²) in [5.41, 5.74) is -1.38. The van der Waals surface area contributed by atoms with E-state index in [0.29, 0.717) is 24.8 Å². The van der Waals surface area contributed by atoms with Crippen LogP contribution < -0.4 is 5.32 Å². The number of hydrogen-bond acceptors (Lipinski definition) is 8. The van der Waals surface area contributed by atoms with Crippen LogP contribution in [0.2, 0.25) is 0 Å². The van der Waals surface area contributed by atoms with Gasteiger partial charge in [-0.15, -0.1) is 13.2 Å². The highest BCUT2D eigenvalue weighted by atomic mass is 79.9. The zero-order valence-electron chi connectivity index (χ0n) is 30.9. The van der Waals surface area contributed by atoms with E-state index in [0.717, 1.165) is 0 Å². The topological polar surface area (TPSA) is 135 Å². The Balaban J connectivity index is 1.74. The molecule has 12 heteroatoms. The smallest absolute Gasteiger partial charge is 0.313 e. The van der Waals surface area contributed by atoms with E-state index in [1.807, 2.05) is 44.2 Å². The van der Waals surface area contributed by atoms with E-state index in [4.69, 9.17) is 14.2 Å². The summed E-state index contributed by atoms with van der Waals surface area (Å²) in [6, 6.07) is 7.32. The maximum Gasteiger partial charge on any atom is 0.313 e. The molecule has 3 aliphatic rings. The number of aliphatic hydroxyl groups is 1. The zero-order valence-corrected chi connectivity index (χ0v) is 32.5. The standard InChI is InChI=1S/C39H56BrN3O8/c1-9-11-18-28(45)41-27(23-49-8)31(25-16-13-12-14-17-25)50-36(48)29-30-34(46)42(20-15-21-44)33(39(30)22-26(40)32(29)51-39)35(47)43(19-10-2)38(6,7)24-37(3,4)5/h9-10,12-14,16-17,26-27,29-33,44H,1-2,11,15,18-24H2,3-8H3,(H,41,45)/t26?,27-,29+,30-,31-,32+,33+,39-/m1/s1. The summed E-state index contributed by atoms with van der Waals surface area (Å²) in [5.74, 6) is -3.59. The van der Waals surface area contributed by atoms with E-state index < -0.39 is 53.2 Å². The van der Waals surface area contributed by atoms with Crippen molar-refractivity contribution >= 4 is 39.6 Å². The van der Waals surface area contributed by atoms with Gasteiger partial charge in [-0.2, -0.15) is 0 Å². The van der Waals surface area contributed by atoms with E-state index in [1.165, 1.54) is 12.0 Å². The second-order valence-corrected chi connectivity index (χ2v) is 17.0. The Morgan fingerprint density at radius 3 is 2.45 bits per heavy atom. The van der Waals surface area contributed by atoms with Crippen molar-refractivity contribution in [3.8, 4) is 0 Å². The first-order chi connectivity index (χ1) is 24.1. The first kappa shape index (κ1) is 40.7. The minimum atomic E-state index is -1.31. The SMILES string of the molecule is C=CCCC(=O)N[C@H](COC)[C@H](OC(=O)[C@@H]1[C@H]2O[C@@]3(CC2Br)[C@H](C(=O)N(CC=C)C(C)(C)CC(C)(C)C)N(CCCO)C(=O)[C@@H]13)c1ccccc1. The van der Waals surface area contributed by atoms with Gasteiger partial charge in [0, 0.05) is 43.6 Å². The van der Waals surface area contributed by atoms with Crippen molar-refractivity contribution in [3.05, 3.63) is 61.2 Å². The number of benzene rings is 1. The van der Waals surface area contributed by atoms with Crippen LogP contribution in [-0.2, 0) is 33.4 Å². The van der Waals surface area contributed by atoms with Crippen LogP contribution in [0.5, 0.6) is 0 Å². The van der Waals surface area contributed by atoms with Crippen LogP contribution in [-0.4, -0.2) is 106 Å². The van der Waals surface area contributed by atoms with Gasteiger partial charge < -0.3 is 34.4 Å². The van der Waals surface area contributed by atoms with Gasteiger partial charge in [-0.05, 0) is 50.5 Å². The first-order valence-electron chi connectivity index (χ1n) is 17.9. The molecular weight excluding hydrogens is 718 g/mol. The van der Waals surface area contributed by atoms with Gasteiger partial charge in [0.1, 0.15) is 17.7 Å². The number of nitrogens with zero attached hydrogens (tertiary/aromatic N) is 2. The molecule has 282 valence electrons. The van der Waals surface area contributed by atoms with Crippen molar-refractivity contribution in [2.75, 3.05) is 33.4 Å². The number of aliphatic hydroxyl groups excluding tert-OH is 1. The average molecular weight is 775 g/mol. The van der Waals surface area contributed by atoms with Gasteiger partial charge in [0.25, 0.3) is 0 Å². The first-order valence-corrected chi connectivity index (χ1v) is 18.8. The van der Waals surface area contributed by atoms with E-state index in [9.17, 15) is 24.3 Å². The maximum atomic E-state index is 14.9. The molecule has 0 saturated carbocycles. The van der Waals surface area contributed by atoms with E-state index >= 15 is 0 Å². The molecule has 8 atom stereocenters. The average Bonchev–Trinajstić information content (AvgIpc) is 3.65. The molecule has 3 heterocycles. The largest absolute Gasteiger partial charge is 0.455 e. The second-order valence-electron chi connectivity index (χ2n) is 15.8. The lowest BCUT2D eigenvalue weighted by Gasteiger charge is -2.45. The molecule has 1 aromatic carbocycles. The Kier molecular flexibility index (Phi) is 13.4. The number of allylic oxidation sites excluding steroid dienone is 1. The minimum Gasteiger partial charge on any atom is -0.455 e. The number of hydrogen-bond donors (Lipinski definition) is 2. The number of alkyl halides is 1. The summed E-state index contributed by atoms with van der Waals surface area (Å²) >= 11 is 3.74. The van der Waals surface area contributed by atoms with Crippen molar-refractivity contribution in [1.82, 2.24) is 15.1 Å². The number of amides is 3. The van der Waals surface area contributed by atoms with Crippen molar-refractivity contribution in [2.24, 2.45) is 17.3 Å². The van der Waals surface area contributed by atoms with Crippen LogP contribution in [0.15, 0.2) is 55.6 Å². The van der Waals surface area contributed by atoms with Gasteiger partial charge in [-0.3, -0.25) is 19.2 Å². The number of methoxy groups -OCH3 is 1. The number of rotatable bonds is 18. The van der Waals surface area contributed by atoms with Crippen LogP contribution in [0.3, 0.4) is 0 Å². The monoisotopic (exact) mass is 773 g/mol. The van der Waals surface area contributed by atoms with Crippen molar-refractivity contribution in [3.63, 3.8) is 0 Å².